The van der Waals surface area contributed by atoms with Crippen LogP contribution in [0.15, 0.2) is 0 Å². The molecule has 0 aliphatic heterocycles. The van der Waals surface area contributed by atoms with E-state index in [1.54, 1.807) is 6.92 Å². The Labute approximate surface area is 100 Å². The summed E-state index contributed by atoms with van der Waals surface area (Å²) in [6.07, 6.45) is -2.80. The van der Waals surface area contributed by atoms with Crippen LogP contribution in [-0.4, -0.2) is 46.1 Å². The van der Waals surface area contributed by atoms with Crippen LogP contribution in [0.2, 0.25) is 0 Å². The first-order chi connectivity index (χ1) is 7.66. The number of carboxylic acid groups (broad SMARTS) is 1. The second-order valence-corrected chi connectivity index (χ2v) is 5.54. The zero-order chi connectivity index (χ0) is 13.6. The summed E-state index contributed by atoms with van der Waals surface area (Å²) >= 11 is 0. The van der Waals surface area contributed by atoms with Crippen LogP contribution in [0.5, 0.6) is 0 Å². The Morgan fingerprint density at radius 1 is 1.47 bits per heavy atom. The van der Waals surface area contributed by atoms with Gasteiger partial charge in [0.2, 0.25) is 0 Å². The molecule has 0 spiro atoms. The number of alkyl halides is 3. The van der Waals surface area contributed by atoms with Crippen molar-refractivity contribution in [2.45, 2.75) is 24.8 Å². The van der Waals surface area contributed by atoms with Gasteiger partial charge in [-0.3, -0.25) is 9.00 Å². The van der Waals surface area contributed by atoms with E-state index in [-0.39, 0.29) is 11.8 Å². The number of hydrogen-bond donors (Lipinski definition) is 2. The predicted octanol–water partition coefficient (Wildman–Crippen LogP) is 0.996. The van der Waals surface area contributed by atoms with Crippen molar-refractivity contribution in [2.75, 3.05) is 19.3 Å². The van der Waals surface area contributed by atoms with Crippen molar-refractivity contribution in [3.8, 4) is 0 Å². The number of carbonyl (C=O) groups is 1. The van der Waals surface area contributed by atoms with Crippen LogP contribution in [0.25, 0.3) is 0 Å². The number of carboxylic acids is 1. The maximum atomic E-state index is 12.2. The van der Waals surface area contributed by atoms with E-state index in [0.29, 0.717) is 6.42 Å². The Morgan fingerprint density at radius 3 is 2.35 bits per heavy atom. The molecule has 0 bridgehead atoms. The molecule has 3 atom stereocenters. The molecule has 0 heterocycles. The van der Waals surface area contributed by atoms with E-state index in [0.717, 1.165) is 0 Å². The van der Waals surface area contributed by atoms with E-state index >= 15 is 0 Å². The Kier molecular flexibility index (Phi) is 6.69. The van der Waals surface area contributed by atoms with Gasteiger partial charge in [0.1, 0.15) is 0 Å². The van der Waals surface area contributed by atoms with Crippen LogP contribution in [0, 0.1) is 5.92 Å². The molecule has 0 rings (SSSR count). The Hall–Kier alpha value is -0.630. The van der Waals surface area contributed by atoms with Crippen LogP contribution in [0.1, 0.15) is 13.3 Å². The molecule has 0 aromatic rings. The van der Waals surface area contributed by atoms with E-state index in [1.807, 2.05) is 0 Å². The Balaban J connectivity index is 4.01. The fraction of sp³-hybridized carbons (Fsp3) is 0.889. The molecular formula is C9H16F3NO3S. The molecule has 0 saturated heterocycles. The number of hydrogen-bond acceptors (Lipinski definition) is 3. The minimum atomic E-state index is -4.75. The van der Waals surface area contributed by atoms with Gasteiger partial charge in [-0.15, -0.1) is 0 Å². The van der Waals surface area contributed by atoms with Gasteiger partial charge in [0.05, 0.1) is 0 Å². The summed E-state index contributed by atoms with van der Waals surface area (Å²) in [4.78, 5) is 10.4. The zero-order valence-electron chi connectivity index (χ0n) is 9.58. The smallest absolute Gasteiger partial charge is 0.403 e. The summed E-state index contributed by atoms with van der Waals surface area (Å²) in [7, 11) is -1.03. The molecule has 0 aromatic carbocycles. The average Bonchev–Trinajstić information content (AvgIpc) is 2.13. The van der Waals surface area contributed by atoms with Crippen molar-refractivity contribution in [1.29, 1.82) is 0 Å². The molecule has 17 heavy (non-hydrogen) atoms. The van der Waals surface area contributed by atoms with Crippen molar-refractivity contribution in [1.82, 2.24) is 5.32 Å². The minimum absolute atomic E-state index is 0.128. The van der Waals surface area contributed by atoms with Crippen molar-refractivity contribution in [3.05, 3.63) is 0 Å². The maximum Gasteiger partial charge on any atom is 0.403 e. The van der Waals surface area contributed by atoms with Gasteiger partial charge in [-0.05, 0) is 13.0 Å². The van der Waals surface area contributed by atoms with Gasteiger partial charge in [0.25, 0.3) is 0 Å². The van der Waals surface area contributed by atoms with Gasteiger partial charge < -0.3 is 10.4 Å². The number of aliphatic carboxylic acids is 1. The van der Waals surface area contributed by atoms with Gasteiger partial charge in [-0.25, -0.2) is 0 Å². The van der Waals surface area contributed by atoms with Gasteiger partial charge in [0, 0.05) is 28.9 Å². The lowest BCUT2D eigenvalue weighted by Crippen LogP contribution is -2.39. The minimum Gasteiger partial charge on any atom is -0.481 e. The summed E-state index contributed by atoms with van der Waals surface area (Å²) < 4.78 is 47.6. The third-order valence-corrected chi connectivity index (χ3v) is 3.70. The number of nitrogens with one attached hydrogen (secondary N) is 1. The van der Waals surface area contributed by atoms with E-state index in [4.69, 9.17) is 5.11 Å². The third-order valence-electron chi connectivity index (χ3n) is 2.34. The highest BCUT2D eigenvalue weighted by atomic mass is 32.2. The first-order valence-corrected chi connectivity index (χ1v) is 6.60. The van der Waals surface area contributed by atoms with E-state index < -0.39 is 35.4 Å². The normalized spacial score (nSPS) is 17.5. The lowest BCUT2D eigenvalue weighted by Gasteiger charge is -2.17. The number of rotatable bonds is 7. The quantitative estimate of drug-likeness (QED) is 0.680. The molecule has 8 heteroatoms. The monoisotopic (exact) mass is 275 g/mol. The first kappa shape index (κ1) is 16.4. The van der Waals surface area contributed by atoms with Crippen molar-refractivity contribution >= 4 is 16.8 Å². The second kappa shape index (κ2) is 6.95. The molecule has 0 aliphatic rings. The molecule has 0 amide bonds. The predicted molar refractivity (Wildman–Crippen MR) is 58.2 cm³/mol. The molecule has 102 valence electrons. The maximum absolute atomic E-state index is 12.2. The highest BCUT2D eigenvalue weighted by molar-refractivity contribution is 7.84. The molecule has 0 aromatic heterocycles. The molecule has 3 unspecified atom stereocenters. The number of halogens is 3. The molecule has 0 radical (unpaired) electrons. The molecular weight excluding hydrogens is 259 g/mol. The van der Waals surface area contributed by atoms with Crippen LogP contribution in [0.3, 0.4) is 0 Å². The van der Waals surface area contributed by atoms with Crippen LogP contribution >= 0.6 is 0 Å². The molecule has 0 fully saturated rings. The van der Waals surface area contributed by atoms with Crippen LogP contribution in [0.4, 0.5) is 13.2 Å². The second-order valence-electron chi connectivity index (χ2n) is 3.73. The lowest BCUT2D eigenvalue weighted by molar-refractivity contribution is -0.192. The summed E-state index contributed by atoms with van der Waals surface area (Å²) in [6.45, 7) is 1.26. The molecule has 4 nitrogen and oxygen atoms in total. The van der Waals surface area contributed by atoms with Crippen LogP contribution in [-0.2, 0) is 15.6 Å². The van der Waals surface area contributed by atoms with Crippen LogP contribution < -0.4 is 5.32 Å². The summed E-state index contributed by atoms with van der Waals surface area (Å²) in [5, 5.41) is 10.7. The third kappa shape index (κ3) is 6.62. The topological polar surface area (TPSA) is 66.4 Å². The summed E-state index contributed by atoms with van der Waals surface area (Å²) in [5.41, 5.74) is 0. The first-order valence-electron chi connectivity index (χ1n) is 4.98. The highest BCUT2D eigenvalue weighted by Gasteiger charge is 2.44. The highest BCUT2D eigenvalue weighted by Crippen LogP contribution is 2.25. The Morgan fingerprint density at radius 2 is 2.00 bits per heavy atom. The van der Waals surface area contributed by atoms with Gasteiger partial charge >= 0.3 is 12.1 Å². The molecule has 0 aliphatic carbocycles. The lowest BCUT2D eigenvalue weighted by atomic mass is 10.1. The van der Waals surface area contributed by atoms with Crippen molar-refractivity contribution in [2.24, 2.45) is 5.92 Å². The SMILES string of the molecule is CC(CCNCC(C(=O)O)C(F)(F)F)S(C)=O. The van der Waals surface area contributed by atoms with E-state index in [2.05, 4.69) is 5.32 Å². The summed E-state index contributed by atoms with van der Waals surface area (Å²) in [5.74, 6) is -4.29. The van der Waals surface area contributed by atoms with Crippen molar-refractivity contribution in [3.63, 3.8) is 0 Å². The standard InChI is InChI=1S/C9H16F3NO3S/c1-6(17(2)16)3-4-13-5-7(8(14)15)9(10,11)12/h6-7,13H,3-5H2,1-2H3,(H,14,15). The molecule has 0 saturated carbocycles. The van der Waals surface area contributed by atoms with E-state index in [9.17, 15) is 22.2 Å². The molecule has 2 N–H and O–H groups in total. The van der Waals surface area contributed by atoms with Crippen molar-refractivity contribution < 1.29 is 27.3 Å². The zero-order valence-corrected chi connectivity index (χ0v) is 10.4. The van der Waals surface area contributed by atoms with Gasteiger partial charge in [-0.2, -0.15) is 13.2 Å². The fourth-order valence-electron chi connectivity index (χ4n) is 1.06. The fourth-order valence-corrected chi connectivity index (χ4v) is 1.51. The Bertz CT molecular complexity index is 283. The van der Waals surface area contributed by atoms with E-state index in [1.165, 1.54) is 6.26 Å². The average molecular weight is 275 g/mol. The summed E-state index contributed by atoms with van der Waals surface area (Å²) in [6, 6.07) is 0. The van der Waals surface area contributed by atoms with Gasteiger partial charge in [0.15, 0.2) is 5.92 Å². The van der Waals surface area contributed by atoms with Gasteiger partial charge in [-0.1, -0.05) is 6.92 Å². The largest absolute Gasteiger partial charge is 0.481 e.